The van der Waals surface area contributed by atoms with E-state index in [1.807, 2.05) is 18.2 Å². The minimum atomic E-state index is -0.00567. The van der Waals surface area contributed by atoms with Crippen LogP contribution in [-0.4, -0.2) is 41.0 Å². The Morgan fingerprint density at radius 3 is 1.17 bits per heavy atom. The van der Waals surface area contributed by atoms with Gasteiger partial charge < -0.3 is 31.1 Å². The molecule has 1 aliphatic heterocycles. The number of nitrogens with one attached hydrogen (secondary N) is 6. The van der Waals surface area contributed by atoms with Crippen LogP contribution in [-0.2, 0) is 0 Å². The molecule has 1 aliphatic rings. The third-order valence-corrected chi connectivity index (χ3v) is 2.40. The van der Waals surface area contributed by atoms with Gasteiger partial charge in [-0.25, -0.2) is 0 Å². The van der Waals surface area contributed by atoms with Gasteiger partial charge in [-0.15, -0.1) is 19.7 Å². The summed E-state index contributed by atoms with van der Waals surface area (Å²) < 4.78 is 0. The van der Waals surface area contributed by atoms with Crippen LogP contribution in [0.25, 0.3) is 0 Å². The third kappa shape index (κ3) is 5.68. The Labute approximate surface area is 111 Å². The predicted octanol–water partition coefficient (Wildman–Crippen LogP) is -1.95. The molecule has 0 aliphatic carbocycles. The second-order valence-corrected chi connectivity index (χ2v) is 3.89. The first kappa shape index (κ1) is 15.2. The van der Waals surface area contributed by atoms with E-state index in [1.54, 1.807) is 0 Å². The second-order valence-electron chi connectivity index (χ2n) is 3.89. The Morgan fingerprint density at radius 1 is 0.667 bits per heavy atom. The van der Waals surface area contributed by atoms with Crippen molar-refractivity contribution in [1.29, 1.82) is 0 Å². The molecule has 6 nitrogen and oxygen atoms in total. The molecule has 6 N–H and O–H groups in total. The second kappa shape index (κ2) is 9.15. The van der Waals surface area contributed by atoms with E-state index in [4.69, 9.17) is 0 Å². The molecule has 1 heterocycles. The molecule has 0 unspecified atom stereocenters. The summed E-state index contributed by atoms with van der Waals surface area (Å²) in [5.74, 6) is 0. The van der Waals surface area contributed by atoms with Gasteiger partial charge in [0.15, 0.2) is 0 Å². The lowest BCUT2D eigenvalue weighted by molar-refractivity contribution is 0.900. The van der Waals surface area contributed by atoms with Gasteiger partial charge >= 0.3 is 21.4 Å². The lowest BCUT2D eigenvalue weighted by Crippen LogP contribution is -2.84. The summed E-state index contributed by atoms with van der Waals surface area (Å²) in [5.41, 5.74) is 0. The van der Waals surface area contributed by atoms with Crippen LogP contribution in [0, 0.1) is 0 Å². The van der Waals surface area contributed by atoms with E-state index in [-0.39, 0.29) is 21.4 Å². The van der Waals surface area contributed by atoms with Gasteiger partial charge in [-0.3, -0.25) is 0 Å². The minimum Gasteiger partial charge on any atom is -0.342 e. The third-order valence-electron chi connectivity index (χ3n) is 2.40. The molecule has 1 fully saturated rings. The predicted molar refractivity (Wildman–Crippen MR) is 81.3 cm³/mol. The molecule has 0 saturated carbocycles. The van der Waals surface area contributed by atoms with Crippen molar-refractivity contribution in [3.63, 3.8) is 0 Å². The Hall–Kier alpha value is -0.825. The quantitative estimate of drug-likeness (QED) is 0.210. The van der Waals surface area contributed by atoms with E-state index in [9.17, 15) is 0 Å². The van der Waals surface area contributed by atoms with E-state index in [0.717, 1.165) is 19.6 Å². The molecule has 1 saturated heterocycles. The molecule has 9 heteroatoms. The average molecular weight is 246 g/mol. The largest absolute Gasteiger partial charge is 0.376 e. The van der Waals surface area contributed by atoms with Crippen molar-refractivity contribution >= 4 is 21.4 Å². The molecule has 0 amide bonds. The standard InChI is InChI=1S/C9H21B3N6/c1-4-7-13-10-16-11(14-8-5-2)18-12(17-10)15-9-6-3/h4-6,13-18H,1-3,7-9H2. The maximum atomic E-state index is 3.69. The summed E-state index contributed by atoms with van der Waals surface area (Å²) in [6.45, 7) is 13.3. The molecule has 0 aromatic carbocycles. The van der Waals surface area contributed by atoms with E-state index in [0.29, 0.717) is 0 Å². The van der Waals surface area contributed by atoms with Gasteiger partial charge in [-0.05, 0) is 0 Å². The molecule has 0 aromatic rings. The Bertz CT molecular complexity index is 228. The zero-order valence-corrected chi connectivity index (χ0v) is 10.7. The first-order valence-corrected chi connectivity index (χ1v) is 6.11. The molecular formula is C9H21B3N6. The van der Waals surface area contributed by atoms with Crippen molar-refractivity contribution in [2.75, 3.05) is 19.6 Å². The Balaban J connectivity index is 2.44. The van der Waals surface area contributed by atoms with Crippen LogP contribution in [0.4, 0.5) is 0 Å². The topological polar surface area (TPSA) is 72.2 Å². The fourth-order valence-corrected chi connectivity index (χ4v) is 1.60. The van der Waals surface area contributed by atoms with Gasteiger partial charge in [0.2, 0.25) is 0 Å². The Morgan fingerprint density at radius 2 is 0.944 bits per heavy atom. The van der Waals surface area contributed by atoms with Gasteiger partial charge in [-0.2, -0.15) is 0 Å². The van der Waals surface area contributed by atoms with Gasteiger partial charge in [0.05, 0.1) is 0 Å². The molecule has 0 spiro atoms. The fraction of sp³-hybridized carbons (Fsp3) is 0.333. The lowest BCUT2D eigenvalue weighted by Gasteiger charge is -2.32. The van der Waals surface area contributed by atoms with Crippen LogP contribution < -0.4 is 31.1 Å². The van der Waals surface area contributed by atoms with Crippen LogP contribution in [0.15, 0.2) is 38.0 Å². The van der Waals surface area contributed by atoms with Gasteiger partial charge in [-0.1, -0.05) is 18.2 Å². The molecule has 0 aromatic heterocycles. The van der Waals surface area contributed by atoms with Crippen LogP contribution in [0.5, 0.6) is 0 Å². The molecule has 96 valence electrons. The highest BCUT2D eigenvalue weighted by atomic mass is 15.2. The highest BCUT2D eigenvalue weighted by molar-refractivity contribution is 6.84. The van der Waals surface area contributed by atoms with Gasteiger partial charge in [0.1, 0.15) is 0 Å². The first-order chi connectivity index (χ1) is 8.80. The average Bonchev–Trinajstić information content (AvgIpc) is 2.40. The van der Waals surface area contributed by atoms with Crippen LogP contribution in [0.3, 0.4) is 0 Å². The molecule has 0 atom stereocenters. The molecule has 0 radical (unpaired) electrons. The summed E-state index contributed by atoms with van der Waals surface area (Å²) in [6.07, 6.45) is 5.47. The van der Waals surface area contributed by atoms with Crippen LogP contribution in [0.1, 0.15) is 0 Å². The maximum absolute atomic E-state index is 3.69. The smallest absolute Gasteiger partial charge is 0.342 e. The van der Waals surface area contributed by atoms with Crippen molar-refractivity contribution in [3.05, 3.63) is 38.0 Å². The zero-order chi connectivity index (χ0) is 13.2. The van der Waals surface area contributed by atoms with E-state index >= 15 is 0 Å². The fourth-order valence-electron chi connectivity index (χ4n) is 1.60. The van der Waals surface area contributed by atoms with Crippen molar-refractivity contribution < 1.29 is 0 Å². The van der Waals surface area contributed by atoms with Crippen molar-refractivity contribution in [2.24, 2.45) is 0 Å². The van der Waals surface area contributed by atoms with Crippen molar-refractivity contribution in [2.45, 2.75) is 0 Å². The summed E-state index contributed by atoms with van der Waals surface area (Å²) in [6, 6.07) is 0. The lowest BCUT2D eigenvalue weighted by atomic mass is 9.64. The molecular weight excluding hydrogens is 225 g/mol. The van der Waals surface area contributed by atoms with E-state index < -0.39 is 0 Å². The summed E-state index contributed by atoms with van der Waals surface area (Å²) in [5, 5.41) is 19.8. The summed E-state index contributed by atoms with van der Waals surface area (Å²) >= 11 is 0. The maximum Gasteiger partial charge on any atom is 0.376 e. The Kier molecular flexibility index (Phi) is 7.74. The number of rotatable bonds is 9. The monoisotopic (exact) mass is 246 g/mol. The molecule has 1 rings (SSSR count). The minimum absolute atomic E-state index is 0.00567. The van der Waals surface area contributed by atoms with E-state index in [2.05, 4.69) is 50.8 Å². The highest BCUT2D eigenvalue weighted by Gasteiger charge is 2.35. The van der Waals surface area contributed by atoms with Crippen LogP contribution >= 0.6 is 0 Å². The summed E-state index contributed by atoms with van der Waals surface area (Å²) in [7, 11) is -0.0170. The highest BCUT2D eigenvalue weighted by Crippen LogP contribution is 1.81. The zero-order valence-electron chi connectivity index (χ0n) is 10.7. The number of hydrogen-bond donors (Lipinski definition) is 6. The van der Waals surface area contributed by atoms with Crippen LogP contribution in [0.2, 0.25) is 0 Å². The first-order valence-electron chi connectivity index (χ1n) is 6.11. The molecule has 0 bridgehead atoms. The number of hydrogen-bond acceptors (Lipinski definition) is 6. The van der Waals surface area contributed by atoms with Gasteiger partial charge in [0.25, 0.3) is 0 Å². The van der Waals surface area contributed by atoms with Crippen molar-refractivity contribution in [1.82, 2.24) is 31.1 Å². The van der Waals surface area contributed by atoms with E-state index in [1.165, 1.54) is 0 Å². The SMILES string of the molecule is C=CCNB1NB(NCC=C)NB(NCC=C)N1. The normalized spacial score (nSPS) is 15.7. The summed E-state index contributed by atoms with van der Waals surface area (Å²) in [4.78, 5) is 0. The molecule has 18 heavy (non-hydrogen) atoms. The van der Waals surface area contributed by atoms with Crippen molar-refractivity contribution in [3.8, 4) is 0 Å². The van der Waals surface area contributed by atoms with Gasteiger partial charge in [0, 0.05) is 19.6 Å².